The van der Waals surface area contributed by atoms with E-state index in [1.807, 2.05) is 0 Å². The zero-order chi connectivity index (χ0) is 16.9. The maximum atomic E-state index is 12.4. The Balaban J connectivity index is 1.69. The maximum Gasteiger partial charge on any atom is 0.276 e. The average Bonchev–Trinajstić information content (AvgIpc) is 3.14. The Morgan fingerprint density at radius 2 is 2.21 bits per heavy atom. The van der Waals surface area contributed by atoms with Gasteiger partial charge in [0.1, 0.15) is 12.7 Å². The Bertz CT molecular complexity index is 757. The molecule has 1 aliphatic heterocycles. The highest BCUT2D eigenvalue weighted by Gasteiger charge is 2.24. The van der Waals surface area contributed by atoms with Gasteiger partial charge in [-0.2, -0.15) is 5.10 Å². The van der Waals surface area contributed by atoms with Gasteiger partial charge >= 0.3 is 0 Å². The minimum Gasteiger partial charge on any atom is -0.337 e. The van der Waals surface area contributed by atoms with Gasteiger partial charge in [0.05, 0.1) is 16.5 Å². The van der Waals surface area contributed by atoms with Crippen LogP contribution in [0.5, 0.6) is 0 Å². The van der Waals surface area contributed by atoms with Crippen LogP contribution in [0.4, 0.5) is 5.69 Å². The normalized spacial score (nSPS) is 18.0. The average molecular weight is 327 g/mol. The molecule has 1 atom stereocenters. The fraction of sp³-hybridized carbons (Fsp3) is 0.312. The fourth-order valence-electron chi connectivity index (χ4n) is 2.84. The second-order valence-electron chi connectivity index (χ2n) is 5.61. The van der Waals surface area contributed by atoms with E-state index in [1.54, 1.807) is 34.1 Å². The Kier molecular flexibility index (Phi) is 4.64. The summed E-state index contributed by atoms with van der Waals surface area (Å²) in [4.78, 5) is 28.6. The monoisotopic (exact) mass is 327 g/mol. The van der Waals surface area contributed by atoms with Crippen LogP contribution < -0.4 is 0 Å². The number of benzene rings is 1. The maximum absolute atomic E-state index is 12.4. The lowest BCUT2D eigenvalue weighted by molar-refractivity contribution is -0.385. The first-order chi connectivity index (χ1) is 11.6. The van der Waals surface area contributed by atoms with Crippen molar-refractivity contribution in [1.29, 1.82) is 0 Å². The summed E-state index contributed by atoms with van der Waals surface area (Å²) in [6.45, 7) is 1.23. The van der Waals surface area contributed by atoms with Crippen molar-refractivity contribution in [2.45, 2.75) is 18.9 Å². The summed E-state index contributed by atoms with van der Waals surface area (Å²) in [6, 6.07) is 6.47. The standard InChI is InChI=1S/C16H17N5O3/c22-16(8-7-13-4-1-2-6-15(13)21(23)24)19-9-3-5-14(10-19)20-12-17-11-18-20/h1-2,4,6-8,11-12,14H,3,5,9-10H2/b8-7-/t14-/m0/s1. The van der Waals surface area contributed by atoms with Crippen LogP contribution in [0.2, 0.25) is 0 Å². The second-order valence-corrected chi connectivity index (χ2v) is 5.61. The molecule has 3 rings (SSSR count). The number of hydrogen-bond donors (Lipinski definition) is 0. The number of carbonyl (C=O) groups excluding carboxylic acids is 1. The Morgan fingerprint density at radius 3 is 2.96 bits per heavy atom. The third-order valence-electron chi connectivity index (χ3n) is 4.06. The van der Waals surface area contributed by atoms with Gasteiger partial charge in [-0.1, -0.05) is 12.1 Å². The zero-order valence-electron chi connectivity index (χ0n) is 13.0. The van der Waals surface area contributed by atoms with Crippen molar-refractivity contribution in [3.8, 4) is 0 Å². The second kappa shape index (κ2) is 7.03. The van der Waals surface area contributed by atoms with Gasteiger partial charge in [-0.3, -0.25) is 14.9 Å². The van der Waals surface area contributed by atoms with Crippen molar-refractivity contribution in [3.05, 3.63) is 58.7 Å². The smallest absolute Gasteiger partial charge is 0.276 e. The number of rotatable bonds is 4. The van der Waals surface area contributed by atoms with E-state index < -0.39 is 4.92 Å². The van der Waals surface area contributed by atoms with E-state index in [1.165, 1.54) is 24.5 Å². The van der Waals surface area contributed by atoms with Gasteiger partial charge in [0.25, 0.3) is 5.69 Å². The lowest BCUT2D eigenvalue weighted by Gasteiger charge is -2.31. The van der Waals surface area contributed by atoms with Crippen LogP contribution in [0.15, 0.2) is 43.0 Å². The molecular weight excluding hydrogens is 310 g/mol. The highest BCUT2D eigenvalue weighted by molar-refractivity contribution is 5.92. The van der Waals surface area contributed by atoms with Gasteiger partial charge in [-0.25, -0.2) is 9.67 Å². The molecule has 1 aromatic carbocycles. The molecule has 0 spiro atoms. The molecule has 0 bridgehead atoms. The van der Waals surface area contributed by atoms with Crippen LogP contribution in [-0.4, -0.2) is 43.6 Å². The number of nitro groups is 1. The Morgan fingerprint density at radius 1 is 1.38 bits per heavy atom. The van der Waals surface area contributed by atoms with Crippen molar-refractivity contribution in [1.82, 2.24) is 19.7 Å². The fourth-order valence-corrected chi connectivity index (χ4v) is 2.84. The minimum atomic E-state index is -0.453. The number of amides is 1. The predicted molar refractivity (Wildman–Crippen MR) is 87.0 cm³/mol. The molecule has 124 valence electrons. The van der Waals surface area contributed by atoms with Crippen LogP contribution in [0.25, 0.3) is 6.08 Å². The van der Waals surface area contributed by atoms with E-state index in [2.05, 4.69) is 10.1 Å². The van der Waals surface area contributed by atoms with Gasteiger partial charge < -0.3 is 4.90 Å². The van der Waals surface area contributed by atoms with Gasteiger partial charge in [-0.05, 0) is 25.0 Å². The summed E-state index contributed by atoms with van der Waals surface area (Å²) < 4.78 is 1.77. The molecule has 0 N–H and O–H groups in total. The lowest BCUT2D eigenvalue weighted by Crippen LogP contribution is -2.40. The van der Waals surface area contributed by atoms with Crippen LogP contribution in [0.3, 0.4) is 0 Å². The van der Waals surface area contributed by atoms with Crippen LogP contribution in [0.1, 0.15) is 24.4 Å². The topological polar surface area (TPSA) is 94.2 Å². The summed E-state index contributed by atoms with van der Waals surface area (Å²) in [6.07, 6.45) is 7.86. The number of likely N-dealkylation sites (tertiary alicyclic amines) is 1. The summed E-state index contributed by atoms with van der Waals surface area (Å²) >= 11 is 0. The molecule has 1 aliphatic rings. The highest BCUT2D eigenvalue weighted by Crippen LogP contribution is 2.22. The number of para-hydroxylation sites is 1. The van der Waals surface area contributed by atoms with Gasteiger partial charge in [0, 0.05) is 25.2 Å². The van der Waals surface area contributed by atoms with Crippen molar-refractivity contribution in [3.63, 3.8) is 0 Å². The van der Waals surface area contributed by atoms with E-state index in [4.69, 9.17) is 0 Å². The summed E-state index contributed by atoms with van der Waals surface area (Å²) in [7, 11) is 0. The molecule has 1 aromatic heterocycles. The van der Waals surface area contributed by atoms with Crippen molar-refractivity contribution in [2.24, 2.45) is 0 Å². The SMILES string of the molecule is O=C(/C=C\c1ccccc1[N+](=O)[O-])N1CCC[C@H](n2cncn2)C1. The van der Waals surface area contributed by atoms with Crippen LogP contribution in [-0.2, 0) is 4.79 Å². The number of piperidine rings is 1. The first kappa shape index (κ1) is 15.9. The number of nitro benzene ring substituents is 1. The summed E-state index contributed by atoms with van der Waals surface area (Å²) in [5, 5.41) is 15.1. The largest absolute Gasteiger partial charge is 0.337 e. The molecule has 0 aliphatic carbocycles. The third kappa shape index (κ3) is 3.48. The van der Waals surface area contributed by atoms with Crippen molar-refractivity contribution >= 4 is 17.7 Å². The minimum absolute atomic E-state index is 0.0133. The van der Waals surface area contributed by atoms with E-state index in [9.17, 15) is 14.9 Å². The van der Waals surface area contributed by atoms with Gasteiger partial charge in [0.2, 0.25) is 5.91 Å². The first-order valence-electron chi connectivity index (χ1n) is 7.69. The van der Waals surface area contributed by atoms with E-state index in [0.717, 1.165) is 12.8 Å². The molecule has 24 heavy (non-hydrogen) atoms. The lowest BCUT2D eigenvalue weighted by atomic mass is 10.1. The molecule has 2 heterocycles. The number of nitrogens with zero attached hydrogens (tertiary/aromatic N) is 5. The molecule has 1 amide bonds. The molecule has 0 saturated carbocycles. The number of hydrogen-bond acceptors (Lipinski definition) is 5. The Labute approximate surface area is 138 Å². The molecular formula is C16H17N5O3. The Hall–Kier alpha value is -3.03. The molecule has 1 saturated heterocycles. The quantitative estimate of drug-likeness (QED) is 0.487. The van der Waals surface area contributed by atoms with Gasteiger partial charge in [0.15, 0.2) is 0 Å². The number of carbonyl (C=O) groups is 1. The number of aromatic nitrogens is 3. The molecule has 8 nitrogen and oxygen atoms in total. The molecule has 2 aromatic rings. The van der Waals surface area contributed by atoms with Crippen LogP contribution in [0, 0.1) is 10.1 Å². The molecule has 1 fully saturated rings. The predicted octanol–water partition coefficient (Wildman–Crippen LogP) is 2.06. The molecule has 0 radical (unpaired) electrons. The van der Waals surface area contributed by atoms with Crippen LogP contribution >= 0.6 is 0 Å². The first-order valence-corrected chi connectivity index (χ1v) is 7.69. The highest BCUT2D eigenvalue weighted by atomic mass is 16.6. The molecule has 0 unspecified atom stereocenters. The van der Waals surface area contributed by atoms with E-state index >= 15 is 0 Å². The van der Waals surface area contributed by atoms with Crippen molar-refractivity contribution in [2.75, 3.05) is 13.1 Å². The van der Waals surface area contributed by atoms with E-state index in [-0.39, 0.29) is 17.6 Å². The van der Waals surface area contributed by atoms with Crippen molar-refractivity contribution < 1.29 is 9.72 Å². The summed E-state index contributed by atoms with van der Waals surface area (Å²) in [5.41, 5.74) is 0.404. The third-order valence-corrected chi connectivity index (χ3v) is 4.06. The molecule has 8 heteroatoms. The van der Waals surface area contributed by atoms with E-state index in [0.29, 0.717) is 18.7 Å². The summed E-state index contributed by atoms with van der Waals surface area (Å²) in [5.74, 6) is -0.155. The zero-order valence-corrected chi connectivity index (χ0v) is 13.0. The van der Waals surface area contributed by atoms with Gasteiger partial charge in [-0.15, -0.1) is 0 Å².